The van der Waals surface area contributed by atoms with Crippen LogP contribution >= 0.6 is 0 Å². The van der Waals surface area contributed by atoms with Crippen LogP contribution in [0.5, 0.6) is 0 Å². The Balaban J connectivity index is 2.32. The molecule has 116 valence electrons. The number of ether oxygens (including phenoxy) is 2. The Labute approximate surface area is 129 Å². The van der Waals surface area contributed by atoms with Gasteiger partial charge in [-0.3, -0.25) is 0 Å². The Bertz CT molecular complexity index is 621. The van der Waals surface area contributed by atoms with E-state index in [4.69, 9.17) is 14.7 Å². The molecule has 6 nitrogen and oxygen atoms in total. The lowest BCUT2D eigenvalue weighted by Crippen LogP contribution is -2.40. The summed E-state index contributed by atoms with van der Waals surface area (Å²) in [6.07, 6.45) is 0.471. The van der Waals surface area contributed by atoms with Gasteiger partial charge in [-0.1, -0.05) is 6.07 Å². The van der Waals surface area contributed by atoms with E-state index in [1.165, 1.54) is 0 Å². The van der Waals surface area contributed by atoms with Crippen LogP contribution in [-0.2, 0) is 20.7 Å². The van der Waals surface area contributed by atoms with Crippen LogP contribution in [-0.4, -0.2) is 37.7 Å². The highest BCUT2D eigenvalue weighted by molar-refractivity contribution is 5.92. The van der Waals surface area contributed by atoms with E-state index >= 15 is 0 Å². The number of rotatable bonds is 5. The minimum atomic E-state index is -0.521. The predicted octanol–water partition coefficient (Wildman–Crippen LogP) is 1.68. The van der Waals surface area contributed by atoms with Crippen LogP contribution in [0.15, 0.2) is 18.2 Å². The van der Waals surface area contributed by atoms with E-state index in [2.05, 4.69) is 6.07 Å². The largest absolute Gasteiger partial charge is 0.464 e. The van der Waals surface area contributed by atoms with Gasteiger partial charge in [0.1, 0.15) is 12.6 Å². The number of fused-ring (bicyclic) bond motifs is 1. The summed E-state index contributed by atoms with van der Waals surface area (Å²) in [6.45, 7) is 4.13. The maximum Gasteiger partial charge on any atom is 0.338 e. The van der Waals surface area contributed by atoms with Crippen LogP contribution in [0.3, 0.4) is 0 Å². The van der Waals surface area contributed by atoms with Crippen molar-refractivity contribution in [3.8, 4) is 6.07 Å². The molecule has 0 radical (unpaired) electrons. The van der Waals surface area contributed by atoms with Gasteiger partial charge >= 0.3 is 11.9 Å². The van der Waals surface area contributed by atoms with Crippen molar-refractivity contribution in [1.29, 1.82) is 5.26 Å². The van der Waals surface area contributed by atoms with Crippen LogP contribution in [0, 0.1) is 11.3 Å². The van der Waals surface area contributed by atoms with Gasteiger partial charge in [-0.05, 0) is 31.5 Å². The fraction of sp³-hybridized carbons (Fsp3) is 0.438. The van der Waals surface area contributed by atoms with E-state index in [1.54, 1.807) is 36.9 Å². The first-order valence-corrected chi connectivity index (χ1v) is 7.22. The van der Waals surface area contributed by atoms with Crippen molar-refractivity contribution in [3.63, 3.8) is 0 Å². The Hall–Kier alpha value is -2.55. The summed E-state index contributed by atoms with van der Waals surface area (Å²) < 4.78 is 10.0. The molecule has 1 aliphatic heterocycles. The van der Waals surface area contributed by atoms with Gasteiger partial charge in [0.2, 0.25) is 0 Å². The van der Waals surface area contributed by atoms with Gasteiger partial charge in [-0.15, -0.1) is 0 Å². The van der Waals surface area contributed by atoms with Gasteiger partial charge in [-0.25, -0.2) is 9.59 Å². The Morgan fingerprint density at radius 3 is 2.68 bits per heavy atom. The van der Waals surface area contributed by atoms with Crippen molar-refractivity contribution in [2.45, 2.75) is 26.3 Å². The summed E-state index contributed by atoms with van der Waals surface area (Å²) in [5.74, 6) is -0.770. The van der Waals surface area contributed by atoms with Gasteiger partial charge in [0.05, 0.1) is 24.8 Å². The molecule has 0 aromatic heterocycles. The molecule has 1 aromatic carbocycles. The van der Waals surface area contributed by atoms with E-state index in [-0.39, 0.29) is 12.5 Å². The molecule has 0 N–H and O–H groups in total. The number of carbonyl (C=O) groups excluding carboxylic acids is 2. The Morgan fingerprint density at radius 1 is 1.32 bits per heavy atom. The summed E-state index contributed by atoms with van der Waals surface area (Å²) >= 11 is 0. The highest BCUT2D eigenvalue weighted by Crippen LogP contribution is 2.33. The molecule has 1 heterocycles. The van der Waals surface area contributed by atoms with Crippen LogP contribution < -0.4 is 4.90 Å². The van der Waals surface area contributed by atoms with Gasteiger partial charge in [-0.2, -0.15) is 5.26 Å². The van der Waals surface area contributed by atoms with Crippen LogP contribution in [0.25, 0.3) is 0 Å². The maximum absolute atomic E-state index is 12.1. The molecule has 0 fully saturated rings. The first kappa shape index (κ1) is 15.8. The van der Waals surface area contributed by atoms with Crippen molar-refractivity contribution in [1.82, 2.24) is 0 Å². The second kappa shape index (κ2) is 6.94. The molecule has 6 heteroatoms. The normalized spacial score (nSPS) is 15.9. The average molecular weight is 302 g/mol. The number of nitriles is 1. The monoisotopic (exact) mass is 302 g/mol. The van der Waals surface area contributed by atoms with Crippen LogP contribution in [0.1, 0.15) is 29.8 Å². The molecule has 0 aliphatic carbocycles. The van der Waals surface area contributed by atoms with E-state index in [0.717, 1.165) is 5.56 Å². The van der Waals surface area contributed by atoms with Crippen molar-refractivity contribution in [2.24, 2.45) is 0 Å². The van der Waals surface area contributed by atoms with Gasteiger partial charge in [0, 0.05) is 12.1 Å². The van der Waals surface area contributed by atoms with E-state index in [1.807, 2.05) is 0 Å². The minimum absolute atomic E-state index is 0.0583. The SMILES string of the molecule is CCOC(=O)c1ccc2c(c1)N(CC#N)C(C(=O)OCC)C2. The van der Waals surface area contributed by atoms with E-state index in [0.29, 0.717) is 30.9 Å². The molecule has 1 aromatic rings. The molecule has 0 amide bonds. The minimum Gasteiger partial charge on any atom is -0.464 e. The molecule has 1 unspecified atom stereocenters. The quantitative estimate of drug-likeness (QED) is 0.608. The van der Waals surface area contributed by atoms with Gasteiger partial charge < -0.3 is 14.4 Å². The molecule has 2 rings (SSSR count). The van der Waals surface area contributed by atoms with Gasteiger partial charge in [0.15, 0.2) is 0 Å². The standard InChI is InChI=1S/C16H18N2O4/c1-3-21-15(19)12-6-5-11-9-14(16(20)22-4-2)18(8-7-17)13(11)10-12/h5-6,10,14H,3-4,8-9H2,1-2H3. The zero-order valence-corrected chi connectivity index (χ0v) is 12.7. The molecule has 0 bridgehead atoms. The molecule has 0 saturated heterocycles. The number of nitrogens with zero attached hydrogens (tertiary/aromatic N) is 2. The molecular formula is C16H18N2O4. The molecule has 22 heavy (non-hydrogen) atoms. The fourth-order valence-corrected chi connectivity index (χ4v) is 2.55. The topological polar surface area (TPSA) is 79.6 Å². The average Bonchev–Trinajstić information content (AvgIpc) is 2.86. The van der Waals surface area contributed by atoms with Crippen LogP contribution in [0.2, 0.25) is 0 Å². The second-order valence-corrected chi connectivity index (χ2v) is 4.82. The lowest BCUT2D eigenvalue weighted by atomic mass is 10.1. The Kier molecular flexibility index (Phi) is 4.99. The van der Waals surface area contributed by atoms with Crippen LogP contribution in [0.4, 0.5) is 5.69 Å². The third kappa shape index (κ3) is 3.03. The third-order valence-corrected chi connectivity index (χ3v) is 3.50. The summed E-state index contributed by atoms with van der Waals surface area (Å²) in [7, 11) is 0. The number of hydrogen-bond donors (Lipinski definition) is 0. The van der Waals surface area contributed by atoms with Crippen molar-refractivity contribution >= 4 is 17.6 Å². The van der Waals surface area contributed by atoms with Gasteiger partial charge in [0.25, 0.3) is 0 Å². The first-order valence-electron chi connectivity index (χ1n) is 7.22. The first-order chi connectivity index (χ1) is 10.6. The lowest BCUT2D eigenvalue weighted by Gasteiger charge is -2.23. The zero-order valence-electron chi connectivity index (χ0n) is 12.7. The zero-order chi connectivity index (χ0) is 16.1. The van der Waals surface area contributed by atoms with E-state index in [9.17, 15) is 9.59 Å². The van der Waals surface area contributed by atoms with E-state index < -0.39 is 12.0 Å². The molecule has 1 atom stereocenters. The van der Waals surface area contributed by atoms with Crippen molar-refractivity contribution in [2.75, 3.05) is 24.7 Å². The number of carbonyl (C=O) groups is 2. The highest BCUT2D eigenvalue weighted by Gasteiger charge is 2.35. The fourth-order valence-electron chi connectivity index (χ4n) is 2.55. The highest BCUT2D eigenvalue weighted by atomic mass is 16.5. The summed E-state index contributed by atoms with van der Waals surface area (Å²) in [4.78, 5) is 25.6. The molecule has 0 saturated carbocycles. The number of esters is 2. The Morgan fingerprint density at radius 2 is 2.05 bits per heavy atom. The number of anilines is 1. The second-order valence-electron chi connectivity index (χ2n) is 4.82. The van der Waals surface area contributed by atoms with Crippen molar-refractivity contribution < 1.29 is 19.1 Å². The lowest BCUT2D eigenvalue weighted by molar-refractivity contribution is -0.144. The number of hydrogen-bond acceptors (Lipinski definition) is 6. The molecule has 0 spiro atoms. The third-order valence-electron chi connectivity index (χ3n) is 3.50. The summed E-state index contributed by atoms with van der Waals surface area (Å²) in [5, 5.41) is 9.01. The summed E-state index contributed by atoms with van der Waals surface area (Å²) in [6, 6.07) is 6.67. The smallest absolute Gasteiger partial charge is 0.338 e. The molecule has 1 aliphatic rings. The number of benzene rings is 1. The summed E-state index contributed by atoms with van der Waals surface area (Å²) in [5.41, 5.74) is 2.04. The maximum atomic E-state index is 12.1. The van der Waals surface area contributed by atoms with Crippen molar-refractivity contribution in [3.05, 3.63) is 29.3 Å². The predicted molar refractivity (Wildman–Crippen MR) is 79.5 cm³/mol. The molecular weight excluding hydrogens is 284 g/mol.